The first-order chi connectivity index (χ1) is 10.5. The van der Waals surface area contributed by atoms with Crippen LogP contribution >= 0.6 is 11.6 Å². The predicted molar refractivity (Wildman–Crippen MR) is 87.6 cm³/mol. The summed E-state index contributed by atoms with van der Waals surface area (Å²) in [5.74, 6) is -0.608. The lowest BCUT2D eigenvalue weighted by Gasteiger charge is -2.13. The minimum Gasteiger partial charge on any atom is -0.462 e. The Balaban J connectivity index is 2.74. The first-order valence-corrected chi connectivity index (χ1v) is 7.56. The molecule has 1 N–H and O–H groups in total. The maximum Gasteiger partial charge on any atom is 0.344 e. The highest BCUT2D eigenvalue weighted by Gasteiger charge is 2.22. The molecule has 0 aliphatic heterocycles. The summed E-state index contributed by atoms with van der Waals surface area (Å²) >= 11 is 5.90. The first kappa shape index (κ1) is 16.3. The van der Waals surface area contributed by atoms with Crippen LogP contribution in [0.5, 0.6) is 0 Å². The summed E-state index contributed by atoms with van der Waals surface area (Å²) in [7, 11) is 0. The lowest BCUT2D eigenvalue weighted by Crippen LogP contribution is -2.24. The first-order valence-electron chi connectivity index (χ1n) is 7.18. The molecule has 0 radical (unpaired) electrons. The SMILES string of the molecule is CCOC(=O)c1c(-c2ccc(Cl)cc2)[nH]c(C)c(CC)c1=O. The highest BCUT2D eigenvalue weighted by molar-refractivity contribution is 6.30. The summed E-state index contributed by atoms with van der Waals surface area (Å²) in [6.07, 6.45) is 0.550. The van der Waals surface area contributed by atoms with Crippen molar-refractivity contribution >= 4 is 17.6 Å². The van der Waals surface area contributed by atoms with Gasteiger partial charge >= 0.3 is 5.97 Å². The molecule has 0 saturated heterocycles. The maximum atomic E-state index is 12.7. The Hall–Kier alpha value is -2.07. The number of benzene rings is 1. The highest BCUT2D eigenvalue weighted by atomic mass is 35.5. The molecule has 1 heterocycles. The Morgan fingerprint density at radius 3 is 2.41 bits per heavy atom. The molecule has 1 aromatic carbocycles. The smallest absolute Gasteiger partial charge is 0.344 e. The van der Waals surface area contributed by atoms with Gasteiger partial charge in [-0.2, -0.15) is 0 Å². The molecule has 22 heavy (non-hydrogen) atoms. The third-order valence-corrected chi connectivity index (χ3v) is 3.73. The number of aromatic nitrogens is 1. The maximum absolute atomic E-state index is 12.7. The van der Waals surface area contributed by atoms with Crippen LogP contribution in [-0.4, -0.2) is 17.6 Å². The van der Waals surface area contributed by atoms with E-state index in [0.29, 0.717) is 22.7 Å². The second kappa shape index (κ2) is 6.79. The van der Waals surface area contributed by atoms with Gasteiger partial charge in [0.25, 0.3) is 0 Å². The number of esters is 1. The number of halogens is 1. The van der Waals surface area contributed by atoms with Crippen molar-refractivity contribution in [3.05, 3.63) is 56.3 Å². The van der Waals surface area contributed by atoms with E-state index < -0.39 is 5.97 Å². The summed E-state index contributed by atoms with van der Waals surface area (Å²) in [6, 6.07) is 6.96. The average molecular weight is 320 g/mol. The number of carbonyl (C=O) groups excluding carboxylic acids is 1. The Kier molecular flexibility index (Phi) is 5.03. The van der Waals surface area contributed by atoms with Gasteiger partial charge in [-0.1, -0.05) is 30.7 Å². The van der Waals surface area contributed by atoms with E-state index in [-0.39, 0.29) is 17.6 Å². The quantitative estimate of drug-likeness (QED) is 0.873. The van der Waals surface area contributed by atoms with Crippen molar-refractivity contribution in [1.82, 2.24) is 4.98 Å². The summed E-state index contributed by atoms with van der Waals surface area (Å²) < 4.78 is 5.05. The Morgan fingerprint density at radius 1 is 1.23 bits per heavy atom. The van der Waals surface area contributed by atoms with Crippen molar-refractivity contribution in [2.75, 3.05) is 6.61 Å². The predicted octanol–water partition coefficient (Wildman–Crippen LogP) is 3.74. The number of rotatable bonds is 4. The van der Waals surface area contributed by atoms with Crippen LogP contribution in [0.4, 0.5) is 0 Å². The van der Waals surface area contributed by atoms with Crippen LogP contribution in [0, 0.1) is 6.92 Å². The number of ether oxygens (including phenoxy) is 1. The Morgan fingerprint density at radius 2 is 1.86 bits per heavy atom. The zero-order chi connectivity index (χ0) is 16.3. The molecule has 0 aliphatic carbocycles. The summed E-state index contributed by atoms with van der Waals surface area (Å²) in [5, 5.41) is 0.589. The lowest BCUT2D eigenvalue weighted by atomic mass is 10.0. The molecule has 0 fully saturated rings. The Labute approximate surface area is 134 Å². The van der Waals surface area contributed by atoms with Crippen molar-refractivity contribution in [3.63, 3.8) is 0 Å². The zero-order valence-corrected chi connectivity index (χ0v) is 13.6. The Bertz CT molecular complexity index is 748. The number of H-pyrrole nitrogens is 1. The van der Waals surface area contributed by atoms with Gasteiger partial charge in [0.15, 0.2) is 5.43 Å². The van der Waals surface area contributed by atoms with E-state index >= 15 is 0 Å². The van der Waals surface area contributed by atoms with E-state index in [1.54, 1.807) is 31.2 Å². The van der Waals surface area contributed by atoms with Crippen molar-refractivity contribution in [2.45, 2.75) is 27.2 Å². The van der Waals surface area contributed by atoms with Gasteiger partial charge < -0.3 is 9.72 Å². The molecule has 116 valence electrons. The molecule has 0 atom stereocenters. The molecule has 0 aliphatic rings. The van der Waals surface area contributed by atoms with E-state index in [4.69, 9.17) is 16.3 Å². The standard InChI is InChI=1S/C17H18ClNO3/c1-4-13-10(3)19-15(11-6-8-12(18)9-7-11)14(16(13)20)17(21)22-5-2/h6-9H,4-5H2,1-3H3,(H,19,20). The number of hydrogen-bond donors (Lipinski definition) is 1. The van der Waals surface area contributed by atoms with Crippen molar-refractivity contribution in [1.29, 1.82) is 0 Å². The molecule has 0 bridgehead atoms. The van der Waals surface area contributed by atoms with Crippen LogP contribution in [0.25, 0.3) is 11.3 Å². The van der Waals surface area contributed by atoms with Gasteiger partial charge in [-0.3, -0.25) is 4.79 Å². The largest absolute Gasteiger partial charge is 0.462 e. The van der Waals surface area contributed by atoms with Gasteiger partial charge in [-0.05, 0) is 38.0 Å². The van der Waals surface area contributed by atoms with Crippen LogP contribution in [-0.2, 0) is 11.2 Å². The number of aryl methyl sites for hydroxylation is 1. The molecule has 0 saturated carbocycles. The molecule has 2 rings (SSSR count). The number of hydrogen-bond acceptors (Lipinski definition) is 3. The number of pyridine rings is 1. The van der Waals surface area contributed by atoms with E-state index in [0.717, 1.165) is 11.3 Å². The third-order valence-electron chi connectivity index (χ3n) is 3.48. The molecular weight excluding hydrogens is 302 g/mol. The van der Waals surface area contributed by atoms with E-state index in [1.807, 2.05) is 13.8 Å². The van der Waals surface area contributed by atoms with Crippen LogP contribution in [0.15, 0.2) is 29.1 Å². The average Bonchev–Trinajstić information content (AvgIpc) is 2.48. The van der Waals surface area contributed by atoms with Gasteiger partial charge in [0.2, 0.25) is 0 Å². The minimum atomic E-state index is -0.608. The minimum absolute atomic E-state index is 0.0478. The molecule has 2 aromatic rings. The van der Waals surface area contributed by atoms with Crippen LogP contribution in [0.3, 0.4) is 0 Å². The number of carbonyl (C=O) groups is 1. The fourth-order valence-electron chi connectivity index (χ4n) is 2.42. The molecule has 4 nitrogen and oxygen atoms in total. The van der Waals surface area contributed by atoms with E-state index in [1.165, 1.54) is 0 Å². The second-order valence-corrected chi connectivity index (χ2v) is 5.33. The highest BCUT2D eigenvalue weighted by Crippen LogP contribution is 2.23. The summed E-state index contributed by atoms with van der Waals surface area (Å²) in [5.41, 5.74) is 2.31. The molecule has 1 aromatic heterocycles. The van der Waals surface area contributed by atoms with Crippen molar-refractivity contribution in [3.8, 4) is 11.3 Å². The number of aromatic amines is 1. The van der Waals surface area contributed by atoms with Crippen LogP contribution < -0.4 is 5.43 Å². The van der Waals surface area contributed by atoms with Crippen LogP contribution in [0.1, 0.15) is 35.5 Å². The molecular formula is C17H18ClNO3. The normalized spacial score (nSPS) is 10.5. The molecule has 0 spiro atoms. The van der Waals surface area contributed by atoms with Gasteiger partial charge in [0, 0.05) is 16.3 Å². The third kappa shape index (κ3) is 3.07. The summed E-state index contributed by atoms with van der Waals surface area (Å²) in [4.78, 5) is 28.1. The van der Waals surface area contributed by atoms with Gasteiger partial charge in [-0.25, -0.2) is 4.79 Å². The molecule has 0 amide bonds. The number of nitrogens with one attached hydrogen (secondary N) is 1. The lowest BCUT2D eigenvalue weighted by molar-refractivity contribution is 0.0525. The second-order valence-electron chi connectivity index (χ2n) is 4.89. The van der Waals surface area contributed by atoms with E-state index in [2.05, 4.69) is 4.98 Å². The van der Waals surface area contributed by atoms with E-state index in [9.17, 15) is 9.59 Å². The van der Waals surface area contributed by atoms with Gasteiger partial charge in [0.05, 0.1) is 12.3 Å². The zero-order valence-electron chi connectivity index (χ0n) is 12.8. The van der Waals surface area contributed by atoms with Gasteiger partial charge in [0.1, 0.15) is 5.56 Å². The molecule has 0 unspecified atom stereocenters. The van der Waals surface area contributed by atoms with Crippen LogP contribution in [0.2, 0.25) is 5.02 Å². The van der Waals surface area contributed by atoms with Gasteiger partial charge in [-0.15, -0.1) is 0 Å². The molecule has 5 heteroatoms. The monoisotopic (exact) mass is 319 g/mol. The summed E-state index contributed by atoms with van der Waals surface area (Å²) in [6.45, 7) is 5.64. The fraction of sp³-hybridized carbons (Fsp3) is 0.294. The van der Waals surface area contributed by atoms with Crippen molar-refractivity contribution in [2.24, 2.45) is 0 Å². The fourth-order valence-corrected chi connectivity index (χ4v) is 2.54. The van der Waals surface area contributed by atoms with Crippen molar-refractivity contribution < 1.29 is 9.53 Å². The topological polar surface area (TPSA) is 59.2 Å².